The summed E-state index contributed by atoms with van der Waals surface area (Å²) >= 11 is 0. The van der Waals surface area contributed by atoms with Crippen LogP contribution in [0.3, 0.4) is 0 Å². The second kappa shape index (κ2) is 10.9. The second-order valence-corrected chi connectivity index (χ2v) is 5.75. The Balaban J connectivity index is 1.79. The van der Waals surface area contributed by atoms with E-state index < -0.39 is 6.10 Å². The molecule has 0 aromatic heterocycles. The summed E-state index contributed by atoms with van der Waals surface area (Å²) in [6.07, 6.45) is 0.0120. The highest BCUT2D eigenvalue weighted by Gasteiger charge is 2.07. The molecule has 2 rings (SSSR count). The average molecular weight is 354 g/mol. The van der Waals surface area contributed by atoms with Gasteiger partial charge in [-0.15, -0.1) is 0 Å². The van der Waals surface area contributed by atoms with E-state index in [1.54, 1.807) is 0 Å². The van der Waals surface area contributed by atoms with Crippen molar-refractivity contribution in [3.8, 4) is 0 Å². The first-order valence-corrected chi connectivity index (χ1v) is 8.79. The number of aliphatic imine (C=N–C) groups is 1. The van der Waals surface area contributed by atoms with Crippen LogP contribution in [-0.2, 0) is 4.79 Å². The van der Waals surface area contributed by atoms with Gasteiger partial charge in [-0.2, -0.15) is 0 Å². The largest absolute Gasteiger partial charge is 0.388 e. The molecule has 0 heterocycles. The van der Waals surface area contributed by atoms with Crippen molar-refractivity contribution < 1.29 is 9.90 Å². The number of aliphatic hydroxyl groups excluding tert-OH is 1. The van der Waals surface area contributed by atoms with E-state index >= 15 is 0 Å². The Morgan fingerprint density at radius 2 is 1.69 bits per heavy atom. The molecule has 26 heavy (non-hydrogen) atoms. The minimum atomic E-state index is -0.534. The SMILES string of the molecule is CCNC(=NCC(=O)Nc1ccccc1)NCCC(O)c1ccccc1. The molecule has 0 aliphatic carbocycles. The summed E-state index contributed by atoms with van der Waals surface area (Å²) in [5.41, 5.74) is 1.63. The summed E-state index contributed by atoms with van der Waals surface area (Å²) in [7, 11) is 0. The number of hydrogen-bond donors (Lipinski definition) is 4. The molecule has 0 spiro atoms. The molecule has 0 aliphatic heterocycles. The normalized spacial score (nSPS) is 12.3. The molecule has 2 aromatic carbocycles. The number of nitrogens with zero attached hydrogens (tertiary/aromatic N) is 1. The van der Waals surface area contributed by atoms with Gasteiger partial charge in [0.2, 0.25) is 5.91 Å². The summed E-state index contributed by atoms with van der Waals surface area (Å²) in [5.74, 6) is 0.369. The first kappa shape index (κ1) is 19.5. The Morgan fingerprint density at radius 1 is 1.04 bits per heavy atom. The zero-order valence-electron chi connectivity index (χ0n) is 15.0. The van der Waals surface area contributed by atoms with Gasteiger partial charge in [-0.1, -0.05) is 48.5 Å². The van der Waals surface area contributed by atoms with Gasteiger partial charge in [0, 0.05) is 18.8 Å². The Kier molecular flexibility index (Phi) is 8.15. The maximum absolute atomic E-state index is 12.0. The highest BCUT2D eigenvalue weighted by Crippen LogP contribution is 2.14. The van der Waals surface area contributed by atoms with E-state index in [9.17, 15) is 9.90 Å². The molecule has 4 N–H and O–H groups in total. The monoisotopic (exact) mass is 354 g/mol. The number of carbonyl (C=O) groups excluding carboxylic acids is 1. The Bertz CT molecular complexity index is 689. The number of amides is 1. The van der Waals surface area contributed by atoms with Gasteiger partial charge in [0.05, 0.1) is 6.10 Å². The lowest BCUT2D eigenvalue weighted by molar-refractivity contribution is -0.114. The van der Waals surface area contributed by atoms with Crippen molar-refractivity contribution in [2.24, 2.45) is 4.99 Å². The van der Waals surface area contributed by atoms with Crippen LogP contribution in [0.1, 0.15) is 25.0 Å². The molecule has 6 nitrogen and oxygen atoms in total. The summed E-state index contributed by atoms with van der Waals surface area (Å²) < 4.78 is 0. The molecule has 0 radical (unpaired) electrons. The van der Waals surface area contributed by atoms with Crippen LogP contribution in [-0.4, -0.2) is 36.6 Å². The van der Waals surface area contributed by atoms with E-state index in [2.05, 4.69) is 20.9 Å². The first-order valence-electron chi connectivity index (χ1n) is 8.79. The third kappa shape index (κ3) is 6.94. The van der Waals surface area contributed by atoms with Gasteiger partial charge in [-0.25, -0.2) is 4.99 Å². The van der Waals surface area contributed by atoms with Crippen LogP contribution in [0.4, 0.5) is 5.69 Å². The second-order valence-electron chi connectivity index (χ2n) is 5.75. The van der Waals surface area contributed by atoms with Crippen molar-refractivity contribution in [3.63, 3.8) is 0 Å². The zero-order chi connectivity index (χ0) is 18.6. The lowest BCUT2D eigenvalue weighted by Gasteiger charge is -2.14. The summed E-state index contributed by atoms with van der Waals surface area (Å²) in [5, 5.41) is 19.2. The van der Waals surface area contributed by atoms with Crippen LogP contribution in [0.5, 0.6) is 0 Å². The number of para-hydroxylation sites is 1. The number of benzene rings is 2. The quantitative estimate of drug-likeness (QED) is 0.433. The lowest BCUT2D eigenvalue weighted by Crippen LogP contribution is -2.38. The van der Waals surface area contributed by atoms with E-state index in [1.807, 2.05) is 67.6 Å². The molecule has 0 fully saturated rings. The minimum Gasteiger partial charge on any atom is -0.388 e. The van der Waals surface area contributed by atoms with Gasteiger partial charge in [0.25, 0.3) is 0 Å². The highest BCUT2D eigenvalue weighted by atomic mass is 16.3. The number of rotatable bonds is 8. The number of guanidine groups is 1. The molecule has 1 amide bonds. The first-order chi connectivity index (χ1) is 12.7. The third-order valence-electron chi connectivity index (χ3n) is 3.68. The van der Waals surface area contributed by atoms with Crippen LogP contribution in [0.15, 0.2) is 65.7 Å². The van der Waals surface area contributed by atoms with Gasteiger partial charge in [0.1, 0.15) is 6.54 Å². The predicted molar refractivity (Wildman–Crippen MR) is 105 cm³/mol. The molecule has 1 atom stereocenters. The molecule has 1 unspecified atom stereocenters. The molecular formula is C20H26N4O2. The van der Waals surface area contributed by atoms with Crippen LogP contribution in [0.2, 0.25) is 0 Å². The topological polar surface area (TPSA) is 85.8 Å². The third-order valence-corrected chi connectivity index (χ3v) is 3.68. The summed E-state index contributed by atoms with van der Waals surface area (Å²) in [6, 6.07) is 18.8. The van der Waals surface area contributed by atoms with Crippen molar-refractivity contribution in [1.82, 2.24) is 10.6 Å². The van der Waals surface area contributed by atoms with Crippen molar-refractivity contribution in [3.05, 3.63) is 66.2 Å². The average Bonchev–Trinajstić information content (AvgIpc) is 2.67. The van der Waals surface area contributed by atoms with Crippen molar-refractivity contribution in [2.45, 2.75) is 19.4 Å². The number of anilines is 1. The van der Waals surface area contributed by atoms with E-state index in [4.69, 9.17) is 0 Å². The zero-order valence-corrected chi connectivity index (χ0v) is 15.0. The minimum absolute atomic E-state index is 0.0193. The smallest absolute Gasteiger partial charge is 0.246 e. The van der Waals surface area contributed by atoms with E-state index in [1.165, 1.54) is 0 Å². The van der Waals surface area contributed by atoms with Gasteiger partial charge >= 0.3 is 0 Å². The van der Waals surface area contributed by atoms with Crippen molar-refractivity contribution in [2.75, 3.05) is 25.0 Å². The van der Waals surface area contributed by atoms with Gasteiger partial charge in [0.15, 0.2) is 5.96 Å². The summed E-state index contributed by atoms with van der Waals surface area (Å²) in [4.78, 5) is 16.3. The van der Waals surface area contributed by atoms with E-state index in [-0.39, 0.29) is 12.5 Å². The van der Waals surface area contributed by atoms with E-state index in [0.29, 0.717) is 25.5 Å². The molecule has 0 bridgehead atoms. The molecule has 138 valence electrons. The van der Waals surface area contributed by atoms with Crippen molar-refractivity contribution >= 4 is 17.6 Å². The number of hydrogen-bond acceptors (Lipinski definition) is 3. The fourth-order valence-corrected chi connectivity index (χ4v) is 2.38. The Hall–Kier alpha value is -2.86. The van der Waals surface area contributed by atoms with Crippen LogP contribution >= 0.6 is 0 Å². The predicted octanol–water partition coefficient (Wildman–Crippen LogP) is 2.30. The molecular weight excluding hydrogens is 328 g/mol. The number of nitrogens with one attached hydrogen (secondary N) is 3. The Morgan fingerprint density at radius 3 is 2.35 bits per heavy atom. The van der Waals surface area contributed by atoms with Crippen molar-refractivity contribution in [1.29, 1.82) is 0 Å². The highest BCUT2D eigenvalue weighted by molar-refractivity contribution is 5.94. The van der Waals surface area contributed by atoms with E-state index in [0.717, 1.165) is 11.3 Å². The fraction of sp³-hybridized carbons (Fsp3) is 0.300. The van der Waals surface area contributed by atoms with Crippen LogP contribution < -0.4 is 16.0 Å². The molecule has 2 aromatic rings. The van der Waals surface area contributed by atoms with Gasteiger partial charge in [-0.3, -0.25) is 4.79 Å². The fourth-order valence-electron chi connectivity index (χ4n) is 2.38. The van der Waals surface area contributed by atoms with Gasteiger partial charge in [-0.05, 0) is 31.0 Å². The standard InChI is InChI=1S/C20H26N4O2/c1-2-21-20(22-14-13-18(25)16-9-5-3-6-10-16)23-15-19(26)24-17-11-7-4-8-12-17/h3-12,18,25H,2,13-15H2,1H3,(H,24,26)(H2,21,22,23). The van der Waals surface area contributed by atoms with Gasteiger partial charge < -0.3 is 21.1 Å². The number of aliphatic hydroxyl groups is 1. The summed E-state index contributed by atoms with van der Waals surface area (Å²) in [6.45, 7) is 3.21. The maximum atomic E-state index is 12.0. The number of carbonyl (C=O) groups is 1. The molecule has 6 heteroatoms. The molecule has 0 saturated heterocycles. The lowest BCUT2D eigenvalue weighted by atomic mass is 10.1. The molecule has 0 saturated carbocycles. The Labute approximate surface area is 154 Å². The maximum Gasteiger partial charge on any atom is 0.246 e. The van der Waals surface area contributed by atoms with Crippen LogP contribution in [0, 0.1) is 0 Å². The van der Waals surface area contributed by atoms with Crippen LogP contribution in [0.25, 0.3) is 0 Å². The molecule has 0 aliphatic rings.